The van der Waals surface area contributed by atoms with Crippen LogP contribution in [-0.2, 0) is 7.05 Å². The van der Waals surface area contributed by atoms with Crippen LogP contribution in [0.1, 0.15) is 39.6 Å². The first kappa shape index (κ1) is 15.9. The Bertz CT molecular complexity index is 833. The minimum Gasteiger partial charge on any atom is -0.345 e. The topological polar surface area (TPSA) is 59.8 Å². The molecule has 3 aromatic heterocycles. The molecule has 0 aliphatic carbocycles. The summed E-state index contributed by atoms with van der Waals surface area (Å²) in [6, 6.07) is 1.92. The fourth-order valence-electron chi connectivity index (χ4n) is 2.40. The lowest BCUT2D eigenvalue weighted by Gasteiger charge is -2.13. The second-order valence-corrected chi connectivity index (χ2v) is 7.23. The second-order valence-electron chi connectivity index (χ2n) is 5.45. The van der Waals surface area contributed by atoms with E-state index in [-0.39, 0.29) is 11.9 Å². The molecule has 0 saturated carbocycles. The minimum atomic E-state index is -0.0951. The zero-order valence-corrected chi connectivity index (χ0v) is 15.1. The molecule has 120 valence electrons. The van der Waals surface area contributed by atoms with Crippen molar-refractivity contribution < 1.29 is 4.79 Å². The van der Waals surface area contributed by atoms with Crippen molar-refractivity contribution in [1.29, 1.82) is 0 Å². The van der Waals surface area contributed by atoms with Crippen LogP contribution >= 0.6 is 22.7 Å². The molecule has 1 atom stereocenters. The molecule has 0 radical (unpaired) electrons. The van der Waals surface area contributed by atoms with Gasteiger partial charge in [-0.3, -0.25) is 9.48 Å². The number of amides is 1. The predicted octanol–water partition coefficient (Wildman–Crippen LogP) is 3.71. The number of aromatic nitrogens is 3. The molecule has 3 heterocycles. The summed E-state index contributed by atoms with van der Waals surface area (Å²) in [5.41, 5.74) is 3.92. The lowest BCUT2D eigenvalue weighted by molar-refractivity contribution is 0.0943. The number of hydrogen-bond donors (Lipinski definition) is 1. The molecule has 0 aliphatic heterocycles. The second kappa shape index (κ2) is 6.25. The summed E-state index contributed by atoms with van der Waals surface area (Å²) >= 11 is 3.06. The summed E-state index contributed by atoms with van der Waals surface area (Å²) in [6.07, 6.45) is 1.80. The van der Waals surface area contributed by atoms with Gasteiger partial charge in [0.15, 0.2) is 0 Å². The van der Waals surface area contributed by atoms with Crippen molar-refractivity contribution in [3.05, 3.63) is 44.9 Å². The first-order chi connectivity index (χ1) is 11.0. The Morgan fingerprint density at radius 1 is 1.39 bits per heavy atom. The first-order valence-electron chi connectivity index (χ1n) is 7.26. The molecular formula is C16H18N4OS2. The van der Waals surface area contributed by atoms with E-state index in [0.717, 1.165) is 27.5 Å². The fraction of sp³-hybridized carbons (Fsp3) is 0.312. The minimum absolute atomic E-state index is 0.0859. The summed E-state index contributed by atoms with van der Waals surface area (Å²) < 4.78 is 1.81. The number of nitrogens with zero attached hydrogens (tertiary/aromatic N) is 3. The molecule has 5 nitrogen and oxygen atoms in total. The first-order valence-corrected chi connectivity index (χ1v) is 9.02. The van der Waals surface area contributed by atoms with Gasteiger partial charge < -0.3 is 5.32 Å². The van der Waals surface area contributed by atoms with Gasteiger partial charge in [0.25, 0.3) is 5.91 Å². The van der Waals surface area contributed by atoms with E-state index in [1.54, 1.807) is 17.5 Å². The van der Waals surface area contributed by atoms with Crippen molar-refractivity contribution in [3.63, 3.8) is 0 Å². The summed E-state index contributed by atoms with van der Waals surface area (Å²) in [7, 11) is 1.90. The maximum absolute atomic E-state index is 12.6. The number of nitrogens with one attached hydrogen (secondary N) is 1. The molecule has 1 unspecified atom stereocenters. The van der Waals surface area contributed by atoms with Gasteiger partial charge in [0.05, 0.1) is 17.9 Å². The van der Waals surface area contributed by atoms with Crippen LogP contribution < -0.4 is 5.32 Å². The molecule has 1 N–H and O–H groups in total. The molecule has 7 heteroatoms. The van der Waals surface area contributed by atoms with Crippen LogP contribution in [0.3, 0.4) is 0 Å². The number of hydrogen-bond acceptors (Lipinski definition) is 5. The number of thiophene rings is 1. The van der Waals surface area contributed by atoms with Gasteiger partial charge in [-0.25, -0.2) is 4.98 Å². The monoisotopic (exact) mass is 346 g/mol. The van der Waals surface area contributed by atoms with Crippen LogP contribution in [0, 0.1) is 13.8 Å². The Kier molecular flexibility index (Phi) is 4.32. The van der Waals surface area contributed by atoms with Crippen LogP contribution in [0.15, 0.2) is 23.0 Å². The Balaban J connectivity index is 1.80. The fourth-order valence-corrected chi connectivity index (χ4v) is 4.08. The van der Waals surface area contributed by atoms with Gasteiger partial charge in [0, 0.05) is 29.2 Å². The van der Waals surface area contributed by atoms with E-state index in [2.05, 4.69) is 15.4 Å². The van der Waals surface area contributed by atoms with Crippen molar-refractivity contribution in [3.8, 4) is 10.6 Å². The van der Waals surface area contributed by atoms with E-state index in [9.17, 15) is 4.79 Å². The molecule has 3 aromatic rings. The molecule has 0 fully saturated rings. The number of carbonyl (C=O) groups excluding carboxylic acids is 1. The summed E-state index contributed by atoms with van der Waals surface area (Å²) in [4.78, 5) is 17.8. The highest BCUT2D eigenvalue weighted by molar-refractivity contribution is 7.17. The van der Waals surface area contributed by atoms with Crippen LogP contribution in [-0.4, -0.2) is 20.7 Å². The van der Waals surface area contributed by atoms with Gasteiger partial charge in [0.2, 0.25) is 0 Å². The number of aryl methyl sites for hydroxylation is 2. The van der Waals surface area contributed by atoms with Gasteiger partial charge in [0.1, 0.15) is 9.88 Å². The third kappa shape index (κ3) is 3.07. The van der Waals surface area contributed by atoms with Crippen molar-refractivity contribution in [2.45, 2.75) is 26.8 Å². The van der Waals surface area contributed by atoms with Crippen molar-refractivity contribution in [2.75, 3.05) is 0 Å². The van der Waals surface area contributed by atoms with E-state index in [0.29, 0.717) is 4.88 Å². The molecule has 0 aromatic carbocycles. The molecule has 0 spiro atoms. The molecule has 1 amide bonds. The van der Waals surface area contributed by atoms with Crippen molar-refractivity contribution in [1.82, 2.24) is 20.1 Å². The van der Waals surface area contributed by atoms with Crippen molar-refractivity contribution >= 4 is 28.6 Å². The van der Waals surface area contributed by atoms with Crippen molar-refractivity contribution in [2.24, 2.45) is 7.05 Å². The number of rotatable bonds is 4. The van der Waals surface area contributed by atoms with E-state index < -0.39 is 0 Å². The highest BCUT2D eigenvalue weighted by Crippen LogP contribution is 2.29. The average Bonchev–Trinajstić information content (AvgIpc) is 3.21. The molecule has 23 heavy (non-hydrogen) atoms. The van der Waals surface area contributed by atoms with E-state index in [1.165, 1.54) is 11.3 Å². The maximum atomic E-state index is 12.6. The quantitative estimate of drug-likeness (QED) is 0.783. The standard InChI is InChI=1S/C16H18N4OS2/c1-9(13-7-17-20(4)11(13)3)18-15(21)14-10(2)19-16(23-14)12-5-6-22-8-12/h5-9H,1-4H3,(H,18,21). The average molecular weight is 346 g/mol. The largest absolute Gasteiger partial charge is 0.345 e. The molecule has 0 bridgehead atoms. The van der Waals surface area contributed by atoms with Crippen LogP contribution in [0.4, 0.5) is 0 Å². The predicted molar refractivity (Wildman–Crippen MR) is 94.0 cm³/mol. The Labute approximate surface area is 143 Å². The Hall–Kier alpha value is -1.99. The third-order valence-corrected chi connectivity index (χ3v) is 5.75. The Morgan fingerprint density at radius 2 is 2.17 bits per heavy atom. The van der Waals surface area contributed by atoms with Crippen LogP contribution in [0.5, 0.6) is 0 Å². The zero-order valence-electron chi connectivity index (χ0n) is 13.5. The zero-order chi connectivity index (χ0) is 16.6. The normalized spacial score (nSPS) is 12.3. The van der Waals surface area contributed by atoms with Gasteiger partial charge >= 0.3 is 0 Å². The smallest absolute Gasteiger partial charge is 0.263 e. The van der Waals surface area contributed by atoms with Gasteiger partial charge in [-0.15, -0.1) is 11.3 Å². The molecule has 3 rings (SSSR count). The number of thiazole rings is 1. The summed E-state index contributed by atoms with van der Waals surface area (Å²) in [5, 5.41) is 12.2. The third-order valence-electron chi connectivity index (χ3n) is 3.86. The highest BCUT2D eigenvalue weighted by atomic mass is 32.1. The highest BCUT2D eigenvalue weighted by Gasteiger charge is 2.20. The lowest BCUT2D eigenvalue weighted by Crippen LogP contribution is -2.26. The van der Waals surface area contributed by atoms with Gasteiger partial charge in [-0.1, -0.05) is 0 Å². The molecule has 0 saturated heterocycles. The van der Waals surface area contributed by atoms with Crippen LogP contribution in [0.2, 0.25) is 0 Å². The maximum Gasteiger partial charge on any atom is 0.263 e. The summed E-state index contributed by atoms with van der Waals surface area (Å²) in [6.45, 7) is 5.84. The SMILES string of the molecule is Cc1nc(-c2ccsc2)sc1C(=O)NC(C)c1cnn(C)c1C. The van der Waals surface area contributed by atoms with Gasteiger partial charge in [-0.2, -0.15) is 16.4 Å². The summed E-state index contributed by atoms with van der Waals surface area (Å²) in [5.74, 6) is -0.0859. The van der Waals surface area contributed by atoms with E-state index in [1.807, 2.05) is 49.3 Å². The lowest BCUT2D eigenvalue weighted by atomic mass is 10.1. The molecule has 0 aliphatic rings. The van der Waals surface area contributed by atoms with E-state index in [4.69, 9.17) is 0 Å². The number of carbonyl (C=O) groups is 1. The molecular weight excluding hydrogens is 328 g/mol. The van der Waals surface area contributed by atoms with Gasteiger partial charge in [-0.05, 0) is 32.2 Å². The van der Waals surface area contributed by atoms with Crippen LogP contribution in [0.25, 0.3) is 10.6 Å². The van der Waals surface area contributed by atoms with E-state index >= 15 is 0 Å². The Morgan fingerprint density at radius 3 is 2.78 bits per heavy atom.